The number of nitro groups is 1. The number of nitrogens with zero attached hydrogens (tertiary/aromatic N) is 4. The molecule has 9 nitrogen and oxygen atoms in total. The van der Waals surface area contributed by atoms with Crippen LogP contribution in [0.15, 0.2) is 36.0 Å². The highest BCUT2D eigenvalue weighted by molar-refractivity contribution is 6.35. The highest BCUT2D eigenvalue weighted by atomic mass is 35.5. The molecule has 1 aromatic carbocycles. The van der Waals surface area contributed by atoms with Gasteiger partial charge >= 0.3 is 11.8 Å². The zero-order chi connectivity index (χ0) is 18.6. The van der Waals surface area contributed by atoms with Crippen molar-refractivity contribution in [3.8, 4) is 6.07 Å². The molecule has 0 aliphatic heterocycles. The van der Waals surface area contributed by atoms with E-state index < -0.39 is 28.3 Å². The number of hydrogen-bond acceptors (Lipinski definition) is 6. The van der Waals surface area contributed by atoms with Gasteiger partial charge in [-0.1, -0.05) is 34.0 Å². The summed E-state index contributed by atoms with van der Waals surface area (Å²) in [7, 11) is 0. The van der Waals surface area contributed by atoms with Crippen molar-refractivity contribution in [3.05, 3.63) is 61.8 Å². The smallest absolute Gasteiger partial charge is 0.358 e. The van der Waals surface area contributed by atoms with E-state index in [-0.39, 0.29) is 5.02 Å². The van der Waals surface area contributed by atoms with Gasteiger partial charge in [0.1, 0.15) is 11.6 Å². The fourth-order valence-electron chi connectivity index (χ4n) is 1.67. The number of hydrogen-bond donors (Lipinski definition) is 1. The number of nitriles is 1. The second-order valence-corrected chi connectivity index (χ2v) is 5.31. The van der Waals surface area contributed by atoms with Crippen molar-refractivity contribution in [1.29, 1.82) is 5.26 Å². The maximum Gasteiger partial charge on any atom is 0.390 e. The standard InChI is InChI=1S/C14H7Cl2N5O4/c15-10-2-1-8(11(16)6-10)5-9(7-17)13(22)18-14(23)20-4-3-12(19-20)21(24)25/h1-6H,(H,18,22,23)/b9-5+. The SMILES string of the molecule is N#C/C(=C\c1ccc(Cl)cc1Cl)C(=O)NC(=O)n1ccc([N+](=O)[O-])n1. The minimum absolute atomic E-state index is 0.210. The Morgan fingerprint density at radius 1 is 1.36 bits per heavy atom. The molecule has 0 aliphatic rings. The van der Waals surface area contributed by atoms with Crippen LogP contribution in [0, 0.1) is 21.4 Å². The van der Waals surface area contributed by atoms with Crippen LogP contribution in [-0.2, 0) is 4.79 Å². The minimum atomic E-state index is -1.05. The Balaban J connectivity index is 2.19. The zero-order valence-corrected chi connectivity index (χ0v) is 13.7. The van der Waals surface area contributed by atoms with E-state index in [1.54, 1.807) is 6.07 Å². The summed E-state index contributed by atoms with van der Waals surface area (Å²) in [6, 6.07) is 6.00. The summed E-state index contributed by atoms with van der Waals surface area (Å²) in [5, 5.41) is 25.5. The van der Waals surface area contributed by atoms with Gasteiger partial charge in [0, 0.05) is 10.0 Å². The van der Waals surface area contributed by atoms with Gasteiger partial charge in [0.15, 0.2) is 0 Å². The lowest BCUT2D eigenvalue weighted by Crippen LogP contribution is -2.35. The van der Waals surface area contributed by atoms with Crippen LogP contribution in [0.3, 0.4) is 0 Å². The second-order valence-electron chi connectivity index (χ2n) is 4.47. The number of carbonyl (C=O) groups is 2. The third kappa shape index (κ3) is 4.41. The van der Waals surface area contributed by atoms with Crippen molar-refractivity contribution in [1.82, 2.24) is 15.1 Å². The Morgan fingerprint density at radius 3 is 2.64 bits per heavy atom. The lowest BCUT2D eigenvalue weighted by Gasteiger charge is -2.02. The first-order valence-electron chi connectivity index (χ1n) is 6.44. The van der Waals surface area contributed by atoms with Gasteiger partial charge in [0.05, 0.1) is 17.4 Å². The Bertz CT molecular complexity index is 945. The van der Waals surface area contributed by atoms with Gasteiger partial charge in [0.25, 0.3) is 5.91 Å². The highest BCUT2D eigenvalue weighted by Gasteiger charge is 2.20. The molecule has 25 heavy (non-hydrogen) atoms. The Kier molecular flexibility index (Phi) is 5.49. The molecular weight excluding hydrogens is 373 g/mol. The van der Waals surface area contributed by atoms with Gasteiger partial charge < -0.3 is 10.1 Å². The van der Waals surface area contributed by atoms with E-state index in [1.165, 1.54) is 24.3 Å². The molecule has 126 valence electrons. The molecule has 11 heteroatoms. The number of amides is 2. The Labute approximate surface area is 150 Å². The molecule has 2 rings (SSSR count). The maximum atomic E-state index is 12.0. The monoisotopic (exact) mass is 379 g/mol. The molecule has 0 aliphatic carbocycles. The van der Waals surface area contributed by atoms with Crippen LogP contribution in [0.25, 0.3) is 6.08 Å². The summed E-state index contributed by atoms with van der Waals surface area (Å²) in [4.78, 5) is 33.6. The second kappa shape index (κ2) is 7.57. The lowest BCUT2D eigenvalue weighted by molar-refractivity contribution is -0.389. The van der Waals surface area contributed by atoms with Crippen LogP contribution in [-0.4, -0.2) is 26.6 Å². The van der Waals surface area contributed by atoms with E-state index in [1.807, 2.05) is 5.32 Å². The third-order valence-corrected chi connectivity index (χ3v) is 3.38. The maximum absolute atomic E-state index is 12.0. The number of halogens is 2. The summed E-state index contributed by atoms with van der Waals surface area (Å²) in [5.41, 5.74) is -0.0563. The predicted molar refractivity (Wildman–Crippen MR) is 87.9 cm³/mol. The van der Waals surface area contributed by atoms with Crippen LogP contribution in [0.5, 0.6) is 0 Å². The average molecular weight is 380 g/mol. The van der Waals surface area contributed by atoms with Crippen molar-refractivity contribution in [2.45, 2.75) is 0 Å². The first-order chi connectivity index (χ1) is 11.8. The quantitative estimate of drug-likeness (QED) is 0.377. The molecule has 2 aromatic rings. The van der Waals surface area contributed by atoms with E-state index in [9.17, 15) is 19.7 Å². The molecule has 0 saturated heterocycles. The number of benzene rings is 1. The first kappa shape index (κ1) is 18.1. The highest BCUT2D eigenvalue weighted by Crippen LogP contribution is 2.23. The number of nitrogens with one attached hydrogen (secondary N) is 1. The summed E-state index contributed by atoms with van der Waals surface area (Å²) < 4.78 is 0.570. The number of aromatic nitrogens is 2. The molecule has 0 radical (unpaired) electrons. The molecule has 0 fully saturated rings. The molecule has 2 amide bonds. The van der Waals surface area contributed by atoms with E-state index >= 15 is 0 Å². The molecule has 1 aromatic heterocycles. The van der Waals surface area contributed by atoms with Gasteiger partial charge in [-0.2, -0.15) is 5.26 Å². The van der Waals surface area contributed by atoms with Crippen molar-refractivity contribution in [2.75, 3.05) is 0 Å². The van der Waals surface area contributed by atoms with Gasteiger partial charge in [-0.15, -0.1) is 0 Å². The van der Waals surface area contributed by atoms with Gasteiger partial charge in [0.2, 0.25) is 0 Å². The summed E-state index contributed by atoms with van der Waals surface area (Å²) in [5.74, 6) is -1.58. The van der Waals surface area contributed by atoms with E-state index in [4.69, 9.17) is 28.5 Å². The third-order valence-electron chi connectivity index (χ3n) is 2.82. The van der Waals surface area contributed by atoms with Gasteiger partial charge in [-0.25, -0.2) is 4.79 Å². The van der Waals surface area contributed by atoms with Gasteiger partial charge in [-0.05, 0) is 28.7 Å². The van der Waals surface area contributed by atoms with Crippen LogP contribution < -0.4 is 5.32 Å². The molecule has 0 bridgehead atoms. The van der Waals surface area contributed by atoms with Crippen LogP contribution in [0.2, 0.25) is 10.0 Å². The van der Waals surface area contributed by atoms with Crippen molar-refractivity contribution in [3.63, 3.8) is 0 Å². The number of imide groups is 1. The molecular formula is C14H7Cl2N5O4. The van der Waals surface area contributed by atoms with E-state index in [0.717, 1.165) is 12.3 Å². The van der Waals surface area contributed by atoms with E-state index in [2.05, 4.69) is 5.10 Å². The lowest BCUT2D eigenvalue weighted by atomic mass is 10.1. The van der Waals surface area contributed by atoms with Crippen molar-refractivity contribution >= 4 is 47.0 Å². The largest absolute Gasteiger partial charge is 0.390 e. The van der Waals surface area contributed by atoms with Crippen LogP contribution in [0.1, 0.15) is 5.56 Å². The van der Waals surface area contributed by atoms with E-state index in [0.29, 0.717) is 15.3 Å². The number of carbonyl (C=O) groups excluding carboxylic acids is 2. The van der Waals surface area contributed by atoms with Crippen LogP contribution >= 0.6 is 23.2 Å². The number of rotatable bonds is 3. The zero-order valence-electron chi connectivity index (χ0n) is 12.1. The predicted octanol–water partition coefficient (Wildman–Crippen LogP) is 2.79. The van der Waals surface area contributed by atoms with Crippen molar-refractivity contribution < 1.29 is 14.5 Å². The Hall–Kier alpha value is -3.22. The summed E-state index contributed by atoms with van der Waals surface area (Å²) in [6.07, 6.45) is 2.18. The van der Waals surface area contributed by atoms with Gasteiger partial charge in [-0.3, -0.25) is 10.1 Å². The minimum Gasteiger partial charge on any atom is -0.358 e. The fourth-order valence-corrected chi connectivity index (χ4v) is 2.13. The first-order valence-corrected chi connectivity index (χ1v) is 7.20. The summed E-state index contributed by atoms with van der Waals surface area (Å²) >= 11 is 11.7. The topological polar surface area (TPSA) is 131 Å². The molecule has 0 saturated carbocycles. The molecule has 1 N–H and O–H groups in total. The Morgan fingerprint density at radius 2 is 2.08 bits per heavy atom. The van der Waals surface area contributed by atoms with Crippen molar-refractivity contribution in [2.24, 2.45) is 0 Å². The summed E-state index contributed by atoms with van der Waals surface area (Å²) in [6.45, 7) is 0. The normalized spacial score (nSPS) is 10.8. The molecule has 0 unspecified atom stereocenters. The molecule has 0 atom stereocenters. The van der Waals surface area contributed by atoms with Crippen LogP contribution in [0.4, 0.5) is 10.6 Å². The average Bonchev–Trinajstić information content (AvgIpc) is 3.04. The molecule has 0 spiro atoms. The fraction of sp³-hybridized carbons (Fsp3) is 0. The molecule has 1 heterocycles.